The molecule has 0 saturated carbocycles. The number of hydrogen-bond acceptors (Lipinski definition) is 4. The van der Waals surface area contributed by atoms with Gasteiger partial charge >= 0.3 is 0 Å². The number of nitrogens with zero attached hydrogens (tertiary/aromatic N) is 1. The topological polar surface area (TPSA) is 47.7 Å². The van der Waals surface area contributed by atoms with Crippen LogP contribution in [0.15, 0.2) is 18.2 Å². The largest absolute Gasteiger partial charge is 0.497 e. The van der Waals surface area contributed by atoms with E-state index in [2.05, 4.69) is 18.0 Å². The minimum absolute atomic E-state index is 0.319. The molecule has 18 heavy (non-hydrogen) atoms. The van der Waals surface area contributed by atoms with Gasteiger partial charge in [0.25, 0.3) is 0 Å². The summed E-state index contributed by atoms with van der Waals surface area (Å²) in [6.45, 7) is 1.78. The minimum Gasteiger partial charge on any atom is -0.497 e. The van der Waals surface area contributed by atoms with Crippen LogP contribution >= 0.6 is 0 Å². The van der Waals surface area contributed by atoms with E-state index in [-0.39, 0.29) is 0 Å². The number of hydrogen-bond donors (Lipinski definition) is 1. The third-order valence-corrected chi connectivity index (χ3v) is 3.83. The fourth-order valence-electron chi connectivity index (χ4n) is 2.83. The first-order valence-electron chi connectivity index (χ1n) is 6.33. The van der Waals surface area contributed by atoms with Crippen LogP contribution in [0.5, 0.6) is 11.5 Å². The summed E-state index contributed by atoms with van der Waals surface area (Å²) in [5.74, 6) is 2.26. The fourth-order valence-corrected chi connectivity index (χ4v) is 2.83. The first kappa shape index (κ1) is 13.2. The first-order chi connectivity index (χ1) is 8.71. The van der Waals surface area contributed by atoms with Gasteiger partial charge in [-0.05, 0) is 50.7 Å². The zero-order valence-corrected chi connectivity index (χ0v) is 11.3. The maximum Gasteiger partial charge on any atom is 0.123 e. The van der Waals surface area contributed by atoms with Gasteiger partial charge in [0.15, 0.2) is 0 Å². The Hall–Kier alpha value is -1.26. The molecule has 2 N–H and O–H groups in total. The monoisotopic (exact) mass is 250 g/mol. The van der Waals surface area contributed by atoms with Crippen molar-refractivity contribution in [1.29, 1.82) is 0 Å². The Morgan fingerprint density at radius 3 is 2.72 bits per heavy atom. The van der Waals surface area contributed by atoms with Gasteiger partial charge in [-0.2, -0.15) is 0 Å². The highest BCUT2D eigenvalue weighted by atomic mass is 16.5. The van der Waals surface area contributed by atoms with Gasteiger partial charge in [-0.25, -0.2) is 0 Å². The lowest BCUT2D eigenvalue weighted by atomic mass is 9.93. The molecule has 4 nitrogen and oxygen atoms in total. The Balaban J connectivity index is 2.40. The first-order valence-corrected chi connectivity index (χ1v) is 6.33. The van der Waals surface area contributed by atoms with E-state index in [4.69, 9.17) is 15.2 Å². The van der Waals surface area contributed by atoms with E-state index in [9.17, 15) is 0 Å². The molecule has 1 aliphatic rings. The van der Waals surface area contributed by atoms with Crippen LogP contribution in [0.2, 0.25) is 0 Å². The minimum atomic E-state index is 0.319. The van der Waals surface area contributed by atoms with Gasteiger partial charge in [-0.1, -0.05) is 0 Å². The lowest BCUT2D eigenvalue weighted by Gasteiger charge is -2.26. The van der Waals surface area contributed by atoms with E-state index < -0.39 is 0 Å². The van der Waals surface area contributed by atoms with Crippen molar-refractivity contribution in [2.24, 2.45) is 11.7 Å². The quantitative estimate of drug-likeness (QED) is 0.883. The normalized spacial score (nSPS) is 24.2. The maximum absolute atomic E-state index is 5.89. The summed E-state index contributed by atoms with van der Waals surface area (Å²) >= 11 is 0. The van der Waals surface area contributed by atoms with Crippen molar-refractivity contribution < 1.29 is 9.47 Å². The number of ether oxygens (including phenoxy) is 2. The maximum atomic E-state index is 5.89. The zero-order valence-electron chi connectivity index (χ0n) is 11.3. The Bertz CT molecular complexity index is 409. The summed E-state index contributed by atoms with van der Waals surface area (Å²) in [5.41, 5.74) is 7.06. The van der Waals surface area contributed by atoms with E-state index in [1.807, 2.05) is 12.1 Å². The summed E-state index contributed by atoms with van der Waals surface area (Å²) in [4.78, 5) is 2.34. The molecule has 0 amide bonds. The second-order valence-electron chi connectivity index (χ2n) is 4.82. The van der Waals surface area contributed by atoms with Gasteiger partial charge in [0.2, 0.25) is 0 Å². The van der Waals surface area contributed by atoms with E-state index in [0.717, 1.165) is 24.5 Å². The van der Waals surface area contributed by atoms with E-state index >= 15 is 0 Å². The lowest BCUT2D eigenvalue weighted by molar-refractivity contribution is 0.269. The van der Waals surface area contributed by atoms with Crippen LogP contribution in [-0.4, -0.2) is 39.3 Å². The predicted octanol–water partition coefficient (Wildman–Crippen LogP) is 1.66. The summed E-state index contributed by atoms with van der Waals surface area (Å²) in [6.07, 6.45) is 1.14. The molecule has 1 aliphatic heterocycles. The standard InChI is InChI=1S/C14H22N2O2/c1-16-7-6-10(9-15)14(16)12-8-11(17-2)4-5-13(12)18-3/h4-5,8,10,14H,6-7,9,15H2,1-3H3. The highest BCUT2D eigenvalue weighted by Gasteiger charge is 2.34. The molecule has 1 aromatic rings. The molecule has 1 aromatic carbocycles. The number of methoxy groups -OCH3 is 2. The van der Waals surface area contributed by atoms with Gasteiger partial charge in [-0.3, -0.25) is 4.90 Å². The molecular formula is C14H22N2O2. The molecule has 1 saturated heterocycles. The second kappa shape index (κ2) is 5.59. The van der Waals surface area contributed by atoms with Crippen LogP contribution in [0.3, 0.4) is 0 Å². The van der Waals surface area contributed by atoms with Gasteiger partial charge in [0, 0.05) is 11.6 Å². The van der Waals surface area contributed by atoms with Gasteiger partial charge in [0.05, 0.1) is 14.2 Å². The summed E-state index contributed by atoms with van der Waals surface area (Å²) in [6, 6.07) is 6.27. The Morgan fingerprint density at radius 2 is 2.11 bits per heavy atom. The van der Waals surface area contributed by atoms with Crippen molar-refractivity contribution in [3.63, 3.8) is 0 Å². The van der Waals surface area contributed by atoms with Gasteiger partial charge < -0.3 is 15.2 Å². The van der Waals surface area contributed by atoms with Crippen LogP contribution in [0.1, 0.15) is 18.0 Å². The Morgan fingerprint density at radius 1 is 1.33 bits per heavy atom. The molecule has 1 fully saturated rings. The second-order valence-corrected chi connectivity index (χ2v) is 4.82. The van der Waals surface area contributed by atoms with Crippen LogP contribution in [0, 0.1) is 5.92 Å². The number of rotatable bonds is 4. The zero-order chi connectivity index (χ0) is 13.1. The molecular weight excluding hydrogens is 228 g/mol. The number of likely N-dealkylation sites (tertiary alicyclic amines) is 1. The van der Waals surface area contributed by atoms with Crippen molar-refractivity contribution in [3.8, 4) is 11.5 Å². The highest BCUT2D eigenvalue weighted by Crippen LogP contribution is 2.41. The molecule has 0 bridgehead atoms. The van der Waals surface area contributed by atoms with E-state index in [0.29, 0.717) is 18.5 Å². The fraction of sp³-hybridized carbons (Fsp3) is 0.571. The Labute approximate surface area is 109 Å². The average Bonchev–Trinajstić information content (AvgIpc) is 2.78. The van der Waals surface area contributed by atoms with Crippen LogP contribution < -0.4 is 15.2 Å². The summed E-state index contributed by atoms with van der Waals surface area (Å²) in [7, 11) is 5.53. The molecule has 1 heterocycles. The highest BCUT2D eigenvalue weighted by molar-refractivity contribution is 5.43. The Kier molecular flexibility index (Phi) is 4.09. The van der Waals surface area contributed by atoms with Crippen molar-refractivity contribution in [2.45, 2.75) is 12.5 Å². The van der Waals surface area contributed by atoms with Crippen LogP contribution in [0.25, 0.3) is 0 Å². The molecule has 100 valence electrons. The summed E-state index contributed by atoms with van der Waals surface area (Å²) < 4.78 is 10.8. The van der Waals surface area contributed by atoms with Crippen LogP contribution in [-0.2, 0) is 0 Å². The molecule has 0 spiro atoms. The molecule has 0 aromatic heterocycles. The van der Waals surface area contributed by atoms with E-state index in [1.54, 1.807) is 14.2 Å². The van der Waals surface area contributed by atoms with Crippen molar-refractivity contribution in [3.05, 3.63) is 23.8 Å². The molecule has 0 aliphatic carbocycles. The third kappa shape index (κ3) is 2.31. The smallest absolute Gasteiger partial charge is 0.123 e. The van der Waals surface area contributed by atoms with Crippen molar-refractivity contribution >= 4 is 0 Å². The lowest BCUT2D eigenvalue weighted by Crippen LogP contribution is -2.25. The van der Waals surface area contributed by atoms with Gasteiger partial charge in [0.1, 0.15) is 11.5 Å². The molecule has 2 rings (SSSR count). The third-order valence-electron chi connectivity index (χ3n) is 3.83. The van der Waals surface area contributed by atoms with E-state index in [1.165, 1.54) is 5.56 Å². The average molecular weight is 250 g/mol. The predicted molar refractivity (Wildman–Crippen MR) is 72.1 cm³/mol. The van der Waals surface area contributed by atoms with Crippen LogP contribution in [0.4, 0.5) is 0 Å². The van der Waals surface area contributed by atoms with Crippen molar-refractivity contribution in [1.82, 2.24) is 4.90 Å². The molecule has 2 atom stereocenters. The number of benzene rings is 1. The molecule has 4 heteroatoms. The molecule has 2 unspecified atom stereocenters. The van der Waals surface area contributed by atoms with Gasteiger partial charge in [-0.15, -0.1) is 0 Å². The summed E-state index contributed by atoms with van der Waals surface area (Å²) in [5, 5.41) is 0. The molecule has 0 radical (unpaired) electrons. The van der Waals surface area contributed by atoms with Crippen molar-refractivity contribution in [2.75, 3.05) is 34.4 Å². The number of nitrogens with two attached hydrogens (primary N) is 1. The SMILES string of the molecule is COc1ccc(OC)c(C2C(CN)CCN2C)c1.